The first kappa shape index (κ1) is 10.9. The maximum absolute atomic E-state index is 5.91. The molecule has 0 radical (unpaired) electrons. The first-order valence-electron chi connectivity index (χ1n) is 4.70. The molecule has 0 heterocycles. The first-order chi connectivity index (χ1) is 6.72. The van der Waals surface area contributed by atoms with E-state index < -0.39 is 0 Å². The minimum Gasteiger partial charge on any atom is -0.493 e. The van der Waals surface area contributed by atoms with Crippen LogP contribution in [0.4, 0.5) is 0 Å². The number of ether oxygens (including phenoxy) is 2. The Morgan fingerprint density at radius 2 is 1.86 bits per heavy atom. The van der Waals surface area contributed by atoms with Gasteiger partial charge >= 0.3 is 0 Å². The third kappa shape index (κ3) is 2.17. The summed E-state index contributed by atoms with van der Waals surface area (Å²) >= 11 is 0. The Labute approximate surface area is 84.8 Å². The molecule has 0 aliphatic heterocycles. The molecular weight excluding hydrogens is 178 g/mol. The highest BCUT2D eigenvalue weighted by molar-refractivity contribution is 5.43. The van der Waals surface area contributed by atoms with Crippen LogP contribution < -0.4 is 15.2 Å². The third-order valence-corrected chi connectivity index (χ3v) is 2.28. The van der Waals surface area contributed by atoms with Crippen LogP contribution >= 0.6 is 0 Å². The Bertz CT molecular complexity index is 299. The van der Waals surface area contributed by atoms with Crippen LogP contribution in [-0.2, 0) is 0 Å². The quantitative estimate of drug-likeness (QED) is 0.800. The van der Waals surface area contributed by atoms with E-state index in [-0.39, 0.29) is 6.04 Å². The smallest absolute Gasteiger partial charge is 0.161 e. The van der Waals surface area contributed by atoms with E-state index in [0.717, 1.165) is 23.5 Å². The monoisotopic (exact) mass is 195 g/mol. The maximum Gasteiger partial charge on any atom is 0.161 e. The number of hydrogen-bond donors (Lipinski definition) is 1. The molecule has 0 aliphatic rings. The van der Waals surface area contributed by atoms with Crippen molar-refractivity contribution >= 4 is 0 Å². The fourth-order valence-corrected chi connectivity index (χ4v) is 1.32. The number of benzene rings is 1. The average Bonchev–Trinajstić information content (AvgIpc) is 2.26. The highest BCUT2D eigenvalue weighted by atomic mass is 16.5. The van der Waals surface area contributed by atoms with E-state index in [9.17, 15) is 0 Å². The summed E-state index contributed by atoms with van der Waals surface area (Å²) in [5, 5.41) is 0. The van der Waals surface area contributed by atoms with E-state index in [0.29, 0.717) is 0 Å². The van der Waals surface area contributed by atoms with Crippen LogP contribution in [0.15, 0.2) is 18.2 Å². The third-order valence-electron chi connectivity index (χ3n) is 2.28. The van der Waals surface area contributed by atoms with Gasteiger partial charge in [-0.05, 0) is 24.1 Å². The Morgan fingerprint density at radius 1 is 1.21 bits per heavy atom. The lowest BCUT2D eigenvalue weighted by Crippen LogP contribution is -2.08. The van der Waals surface area contributed by atoms with Gasteiger partial charge < -0.3 is 15.2 Å². The van der Waals surface area contributed by atoms with Gasteiger partial charge in [0.25, 0.3) is 0 Å². The van der Waals surface area contributed by atoms with Gasteiger partial charge in [-0.3, -0.25) is 0 Å². The van der Waals surface area contributed by atoms with Crippen LogP contribution in [0.25, 0.3) is 0 Å². The minimum absolute atomic E-state index is 0.0646. The molecule has 0 fully saturated rings. The molecule has 0 amide bonds. The first-order valence-corrected chi connectivity index (χ1v) is 4.70. The zero-order valence-electron chi connectivity index (χ0n) is 8.91. The van der Waals surface area contributed by atoms with Gasteiger partial charge in [-0.1, -0.05) is 13.0 Å². The predicted octanol–water partition coefficient (Wildman–Crippen LogP) is 2.11. The second-order valence-corrected chi connectivity index (χ2v) is 3.13. The highest BCUT2D eigenvalue weighted by Crippen LogP contribution is 2.29. The summed E-state index contributed by atoms with van der Waals surface area (Å²) in [5.41, 5.74) is 6.99. The van der Waals surface area contributed by atoms with E-state index in [1.807, 2.05) is 18.2 Å². The fourth-order valence-electron chi connectivity index (χ4n) is 1.32. The summed E-state index contributed by atoms with van der Waals surface area (Å²) in [7, 11) is 3.25. The van der Waals surface area contributed by atoms with E-state index in [2.05, 4.69) is 6.92 Å². The van der Waals surface area contributed by atoms with Gasteiger partial charge in [-0.2, -0.15) is 0 Å². The zero-order chi connectivity index (χ0) is 10.6. The van der Waals surface area contributed by atoms with Crippen LogP contribution in [-0.4, -0.2) is 14.2 Å². The molecule has 1 atom stereocenters. The van der Waals surface area contributed by atoms with Crippen molar-refractivity contribution in [1.82, 2.24) is 0 Å². The molecule has 14 heavy (non-hydrogen) atoms. The van der Waals surface area contributed by atoms with Gasteiger partial charge in [0.1, 0.15) is 0 Å². The van der Waals surface area contributed by atoms with E-state index in [1.165, 1.54) is 0 Å². The van der Waals surface area contributed by atoms with Crippen LogP contribution in [0, 0.1) is 0 Å². The molecule has 0 aliphatic carbocycles. The maximum atomic E-state index is 5.91. The molecule has 1 aromatic rings. The molecule has 1 rings (SSSR count). The molecule has 1 aromatic carbocycles. The van der Waals surface area contributed by atoms with Gasteiger partial charge in [0, 0.05) is 6.04 Å². The molecule has 0 saturated carbocycles. The van der Waals surface area contributed by atoms with Gasteiger partial charge in [-0.25, -0.2) is 0 Å². The van der Waals surface area contributed by atoms with Crippen LogP contribution in [0.1, 0.15) is 24.9 Å². The van der Waals surface area contributed by atoms with Gasteiger partial charge in [0.15, 0.2) is 11.5 Å². The predicted molar refractivity (Wildman–Crippen MR) is 56.8 cm³/mol. The van der Waals surface area contributed by atoms with Crippen LogP contribution in [0.5, 0.6) is 11.5 Å². The molecule has 0 saturated heterocycles. The molecule has 78 valence electrons. The van der Waals surface area contributed by atoms with Crippen molar-refractivity contribution in [3.8, 4) is 11.5 Å². The van der Waals surface area contributed by atoms with Crippen molar-refractivity contribution in [2.45, 2.75) is 19.4 Å². The molecule has 3 heteroatoms. The Morgan fingerprint density at radius 3 is 2.36 bits per heavy atom. The average molecular weight is 195 g/mol. The van der Waals surface area contributed by atoms with Crippen molar-refractivity contribution in [1.29, 1.82) is 0 Å². The number of rotatable bonds is 4. The molecule has 2 N–H and O–H groups in total. The molecule has 0 unspecified atom stereocenters. The zero-order valence-corrected chi connectivity index (χ0v) is 8.91. The van der Waals surface area contributed by atoms with Crippen LogP contribution in [0.2, 0.25) is 0 Å². The van der Waals surface area contributed by atoms with Crippen molar-refractivity contribution < 1.29 is 9.47 Å². The number of methoxy groups -OCH3 is 2. The Kier molecular flexibility index (Phi) is 3.77. The number of hydrogen-bond acceptors (Lipinski definition) is 3. The molecular formula is C11H17NO2. The summed E-state index contributed by atoms with van der Waals surface area (Å²) in [6.07, 6.45) is 0.912. The summed E-state index contributed by atoms with van der Waals surface area (Å²) in [6.45, 7) is 2.06. The van der Waals surface area contributed by atoms with Gasteiger partial charge in [-0.15, -0.1) is 0 Å². The Balaban J connectivity index is 3.01. The van der Waals surface area contributed by atoms with E-state index >= 15 is 0 Å². The van der Waals surface area contributed by atoms with E-state index in [1.54, 1.807) is 14.2 Å². The second kappa shape index (κ2) is 4.86. The molecule has 0 spiro atoms. The van der Waals surface area contributed by atoms with Gasteiger partial charge in [0.2, 0.25) is 0 Å². The lowest BCUT2D eigenvalue weighted by atomic mass is 10.1. The van der Waals surface area contributed by atoms with Crippen LogP contribution in [0.3, 0.4) is 0 Å². The summed E-state index contributed by atoms with van der Waals surface area (Å²) in [5.74, 6) is 1.47. The molecule has 3 nitrogen and oxygen atoms in total. The van der Waals surface area contributed by atoms with Crippen molar-refractivity contribution in [2.24, 2.45) is 5.73 Å². The summed E-state index contributed by atoms with van der Waals surface area (Å²) in [6, 6.07) is 5.83. The topological polar surface area (TPSA) is 44.5 Å². The largest absolute Gasteiger partial charge is 0.493 e. The normalized spacial score (nSPS) is 12.3. The summed E-state index contributed by atoms with van der Waals surface area (Å²) < 4.78 is 10.3. The molecule has 0 bridgehead atoms. The van der Waals surface area contributed by atoms with Crippen molar-refractivity contribution in [3.63, 3.8) is 0 Å². The minimum atomic E-state index is 0.0646. The lowest BCUT2D eigenvalue weighted by molar-refractivity contribution is 0.354. The highest BCUT2D eigenvalue weighted by Gasteiger charge is 2.08. The van der Waals surface area contributed by atoms with Crippen molar-refractivity contribution in [3.05, 3.63) is 23.8 Å². The number of nitrogens with two attached hydrogens (primary N) is 1. The van der Waals surface area contributed by atoms with E-state index in [4.69, 9.17) is 15.2 Å². The second-order valence-electron chi connectivity index (χ2n) is 3.13. The Hall–Kier alpha value is -1.22. The standard InChI is InChI=1S/C11H17NO2/c1-4-9(12)8-5-6-10(13-2)11(7-8)14-3/h5-7,9H,4,12H2,1-3H3/t9-/m0/s1. The van der Waals surface area contributed by atoms with Gasteiger partial charge in [0.05, 0.1) is 14.2 Å². The van der Waals surface area contributed by atoms with Crippen molar-refractivity contribution in [2.75, 3.05) is 14.2 Å². The summed E-state index contributed by atoms with van der Waals surface area (Å²) in [4.78, 5) is 0. The SMILES string of the molecule is CC[C@H](N)c1ccc(OC)c(OC)c1. The lowest BCUT2D eigenvalue weighted by Gasteiger charge is -2.13. The molecule has 0 aromatic heterocycles. The fraction of sp³-hybridized carbons (Fsp3) is 0.455.